The van der Waals surface area contributed by atoms with Gasteiger partial charge in [-0.3, -0.25) is 14.6 Å². The maximum Gasteiger partial charge on any atom is 0.415 e. The number of piperazine rings is 1. The fraction of sp³-hybridized carbons (Fsp3) is 0.429. The first-order valence-electron chi connectivity index (χ1n) is 13.2. The summed E-state index contributed by atoms with van der Waals surface area (Å²) in [5, 5.41) is 0. The number of pyridine rings is 1. The third-order valence-corrected chi connectivity index (χ3v) is 8.19. The molecule has 2 saturated heterocycles. The van der Waals surface area contributed by atoms with Crippen LogP contribution in [0, 0.1) is 6.92 Å². The van der Waals surface area contributed by atoms with Crippen molar-refractivity contribution in [2.45, 2.75) is 13.3 Å². The van der Waals surface area contributed by atoms with Crippen LogP contribution in [0.4, 0.5) is 16.3 Å². The topological polar surface area (TPSA) is 91.3 Å². The molecule has 206 valence electrons. The van der Waals surface area contributed by atoms with Gasteiger partial charge in [0, 0.05) is 69.0 Å². The fourth-order valence-corrected chi connectivity index (χ4v) is 5.48. The predicted molar refractivity (Wildman–Crippen MR) is 151 cm³/mol. The van der Waals surface area contributed by atoms with Gasteiger partial charge in [0.25, 0.3) is 5.91 Å². The lowest BCUT2D eigenvalue weighted by atomic mass is 10.1. The molecule has 10 nitrogen and oxygen atoms in total. The number of amides is 2. The van der Waals surface area contributed by atoms with Crippen LogP contribution in [0.15, 0.2) is 48.1 Å². The highest BCUT2D eigenvalue weighted by atomic mass is 32.1. The molecule has 2 aromatic heterocycles. The molecule has 0 spiro atoms. The fourth-order valence-electron chi connectivity index (χ4n) is 4.71. The molecule has 0 bridgehead atoms. The zero-order valence-electron chi connectivity index (χ0n) is 22.4. The summed E-state index contributed by atoms with van der Waals surface area (Å²) in [7, 11) is 1.68. The third-order valence-electron chi connectivity index (χ3n) is 7.20. The van der Waals surface area contributed by atoms with Crippen molar-refractivity contribution < 1.29 is 19.1 Å². The first-order chi connectivity index (χ1) is 19.0. The Morgan fingerprint density at radius 2 is 1.74 bits per heavy atom. The Hall–Kier alpha value is -3.54. The van der Waals surface area contributed by atoms with Crippen LogP contribution in [0.5, 0.6) is 5.75 Å². The Bertz CT molecular complexity index is 1250. The Labute approximate surface area is 232 Å². The first kappa shape index (κ1) is 27.0. The quantitative estimate of drug-likeness (QED) is 0.443. The van der Waals surface area contributed by atoms with Crippen molar-refractivity contribution in [2.75, 3.05) is 75.9 Å². The van der Waals surface area contributed by atoms with Crippen LogP contribution >= 0.6 is 11.3 Å². The van der Waals surface area contributed by atoms with Crippen LogP contribution in [0.2, 0.25) is 0 Å². The number of rotatable bonds is 7. The van der Waals surface area contributed by atoms with E-state index in [1.807, 2.05) is 36.7 Å². The smallest absolute Gasteiger partial charge is 0.409 e. The summed E-state index contributed by atoms with van der Waals surface area (Å²) >= 11 is 1.70. The minimum atomic E-state index is -0.382. The van der Waals surface area contributed by atoms with Crippen LogP contribution in [-0.4, -0.2) is 97.8 Å². The molecule has 0 N–H and O–H groups in total. The maximum absolute atomic E-state index is 13.0. The molecule has 2 amide bonds. The highest BCUT2D eigenvalue weighted by Gasteiger charge is 2.23. The average Bonchev–Trinajstić information content (AvgIpc) is 3.41. The van der Waals surface area contributed by atoms with Crippen molar-refractivity contribution in [3.05, 3.63) is 64.2 Å². The van der Waals surface area contributed by atoms with Crippen molar-refractivity contribution >= 4 is 34.8 Å². The summed E-state index contributed by atoms with van der Waals surface area (Å²) in [5.74, 6) is 0.661. The lowest BCUT2D eigenvalue weighted by Gasteiger charge is -2.33. The molecule has 11 heteroatoms. The van der Waals surface area contributed by atoms with Gasteiger partial charge in [-0.25, -0.2) is 14.8 Å². The molecule has 0 radical (unpaired) electrons. The highest BCUT2D eigenvalue weighted by Crippen LogP contribution is 2.21. The number of aryl methyl sites for hydroxylation is 1. The summed E-state index contributed by atoms with van der Waals surface area (Å²) in [5.41, 5.74) is 4.65. The van der Waals surface area contributed by atoms with Crippen LogP contribution < -0.4 is 14.5 Å². The lowest BCUT2D eigenvalue weighted by Crippen LogP contribution is -2.49. The van der Waals surface area contributed by atoms with Gasteiger partial charge in [-0.05, 0) is 49.7 Å². The Morgan fingerprint density at radius 3 is 2.38 bits per heavy atom. The predicted octanol–water partition coefficient (Wildman–Crippen LogP) is 3.32. The number of ether oxygens (including phenoxy) is 2. The van der Waals surface area contributed by atoms with E-state index in [9.17, 15) is 9.59 Å². The van der Waals surface area contributed by atoms with E-state index in [1.165, 1.54) is 16.0 Å². The number of anilines is 2. The van der Waals surface area contributed by atoms with Crippen LogP contribution in [0.3, 0.4) is 0 Å². The minimum absolute atomic E-state index is 0.163. The molecule has 39 heavy (non-hydrogen) atoms. The van der Waals surface area contributed by atoms with E-state index < -0.39 is 0 Å². The SMILES string of the molecule is Cc1ncsc1CCN1CCN(C(=O)Oc2ccc(N(C)C(=O)c3ccc(N4CCOCC4)cc3)nc2)CC1. The average molecular weight is 551 g/mol. The van der Waals surface area contributed by atoms with Gasteiger partial charge in [-0.2, -0.15) is 0 Å². The van der Waals surface area contributed by atoms with E-state index in [0.717, 1.165) is 50.5 Å². The monoisotopic (exact) mass is 550 g/mol. The van der Waals surface area contributed by atoms with Crippen molar-refractivity contribution in [2.24, 2.45) is 0 Å². The third kappa shape index (κ3) is 6.73. The summed E-state index contributed by atoms with van der Waals surface area (Å²) in [4.78, 5) is 43.5. The second kappa shape index (κ2) is 12.5. The molecule has 4 heterocycles. The second-order valence-corrected chi connectivity index (χ2v) is 10.6. The van der Waals surface area contributed by atoms with E-state index in [-0.39, 0.29) is 12.0 Å². The summed E-state index contributed by atoms with van der Waals surface area (Å²) in [6.45, 7) is 8.98. The molecule has 1 aromatic carbocycles. The molecular weight excluding hydrogens is 516 g/mol. The molecule has 0 unspecified atom stereocenters. The van der Waals surface area contributed by atoms with Crippen molar-refractivity contribution in [1.82, 2.24) is 19.8 Å². The number of hydrogen-bond donors (Lipinski definition) is 0. The molecule has 2 fully saturated rings. The molecule has 2 aliphatic heterocycles. The van der Waals surface area contributed by atoms with E-state index >= 15 is 0 Å². The van der Waals surface area contributed by atoms with Gasteiger partial charge in [0.2, 0.25) is 0 Å². The molecule has 2 aliphatic rings. The van der Waals surface area contributed by atoms with Crippen molar-refractivity contribution in [3.8, 4) is 5.75 Å². The zero-order chi connectivity index (χ0) is 27.2. The number of aromatic nitrogens is 2. The van der Waals surface area contributed by atoms with Gasteiger partial charge in [-0.15, -0.1) is 11.3 Å². The number of thiazole rings is 1. The standard InChI is InChI=1S/C28H34N6O4S/c1-21-25(39-20-30-21)9-10-32-11-13-34(14-12-32)28(36)38-24-7-8-26(29-19-24)31(2)27(35)22-3-5-23(6-4-22)33-15-17-37-18-16-33/h3-8,19-20H,9-18H2,1-2H3. The molecule has 5 rings (SSSR count). The van der Waals surface area contributed by atoms with E-state index in [4.69, 9.17) is 9.47 Å². The number of nitrogens with zero attached hydrogens (tertiary/aromatic N) is 6. The Morgan fingerprint density at radius 1 is 1.00 bits per heavy atom. The summed E-state index contributed by atoms with van der Waals surface area (Å²) in [6, 6.07) is 10.9. The van der Waals surface area contributed by atoms with Crippen molar-refractivity contribution in [3.63, 3.8) is 0 Å². The molecular formula is C28H34N6O4S. The largest absolute Gasteiger partial charge is 0.415 e. The first-order valence-corrected chi connectivity index (χ1v) is 14.1. The van der Waals surface area contributed by atoms with Crippen LogP contribution in [0.1, 0.15) is 20.9 Å². The van der Waals surface area contributed by atoms with Gasteiger partial charge in [0.05, 0.1) is 30.6 Å². The van der Waals surface area contributed by atoms with E-state index in [0.29, 0.717) is 43.4 Å². The summed E-state index contributed by atoms with van der Waals surface area (Å²) in [6.07, 6.45) is 2.08. The molecule has 0 saturated carbocycles. The van der Waals surface area contributed by atoms with Gasteiger partial charge < -0.3 is 19.3 Å². The number of morpholine rings is 1. The minimum Gasteiger partial charge on any atom is -0.409 e. The van der Waals surface area contributed by atoms with E-state index in [1.54, 1.807) is 35.4 Å². The zero-order valence-corrected chi connectivity index (χ0v) is 23.2. The number of benzene rings is 1. The normalized spacial score (nSPS) is 16.3. The van der Waals surface area contributed by atoms with Crippen LogP contribution in [-0.2, 0) is 11.2 Å². The van der Waals surface area contributed by atoms with Crippen molar-refractivity contribution in [1.29, 1.82) is 0 Å². The number of carbonyl (C=O) groups is 2. The van der Waals surface area contributed by atoms with E-state index in [2.05, 4.69) is 19.8 Å². The van der Waals surface area contributed by atoms with Gasteiger partial charge in [0.1, 0.15) is 5.82 Å². The second-order valence-electron chi connectivity index (χ2n) is 9.67. The molecule has 0 atom stereocenters. The number of carbonyl (C=O) groups excluding carboxylic acids is 2. The van der Waals surface area contributed by atoms with Gasteiger partial charge in [-0.1, -0.05) is 0 Å². The van der Waals surface area contributed by atoms with Crippen LogP contribution in [0.25, 0.3) is 0 Å². The molecule has 3 aromatic rings. The van der Waals surface area contributed by atoms with Gasteiger partial charge in [0.15, 0.2) is 5.75 Å². The number of hydrogen-bond acceptors (Lipinski definition) is 9. The highest BCUT2D eigenvalue weighted by molar-refractivity contribution is 7.09. The Kier molecular flexibility index (Phi) is 8.70. The summed E-state index contributed by atoms with van der Waals surface area (Å²) < 4.78 is 11.0. The van der Waals surface area contributed by atoms with Gasteiger partial charge >= 0.3 is 6.09 Å². The molecule has 0 aliphatic carbocycles. The lowest BCUT2D eigenvalue weighted by molar-refractivity contribution is 0.0991. The maximum atomic E-state index is 13.0. The Balaban J connectivity index is 1.09.